The van der Waals surface area contributed by atoms with Crippen LogP contribution in [0.4, 0.5) is 13.2 Å². The predicted octanol–water partition coefficient (Wildman–Crippen LogP) is 3.89. The molecule has 0 radical (unpaired) electrons. The molecule has 1 unspecified atom stereocenters. The Morgan fingerprint density at radius 1 is 1.14 bits per heavy atom. The zero-order valence-electron chi connectivity index (χ0n) is 15.1. The third-order valence-electron chi connectivity index (χ3n) is 3.88. The van der Waals surface area contributed by atoms with Crippen molar-refractivity contribution in [3.05, 3.63) is 53.6 Å². The van der Waals surface area contributed by atoms with Gasteiger partial charge in [-0.15, -0.1) is 0 Å². The number of rotatable bonds is 6. The van der Waals surface area contributed by atoms with Crippen LogP contribution in [0.5, 0.6) is 11.5 Å². The molecular formula is C19H16F3NO5S. The van der Waals surface area contributed by atoms with E-state index in [1.165, 1.54) is 31.2 Å². The van der Waals surface area contributed by atoms with Gasteiger partial charge in [-0.1, -0.05) is 6.07 Å². The number of alkyl halides is 3. The van der Waals surface area contributed by atoms with E-state index in [-0.39, 0.29) is 35.6 Å². The summed E-state index contributed by atoms with van der Waals surface area (Å²) >= 11 is -0.281. The standard InChI is InChI=1S/C19H16F3NO5S/c1-11(17(24)23-9-12-2-7-15-16(8-12)27-10-26-15)28-18(25)13-3-5-14(6-4-13)29-19(20,21)22/h2-8,11H,9-10H2,1H3,(H,23,24). The Morgan fingerprint density at radius 3 is 2.52 bits per heavy atom. The second-order valence-electron chi connectivity index (χ2n) is 6.03. The highest BCUT2D eigenvalue weighted by Crippen LogP contribution is 2.36. The lowest BCUT2D eigenvalue weighted by Gasteiger charge is -2.14. The molecule has 1 N–H and O–H groups in total. The topological polar surface area (TPSA) is 73.9 Å². The van der Waals surface area contributed by atoms with E-state index in [0.29, 0.717) is 11.5 Å². The van der Waals surface area contributed by atoms with E-state index in [1.807, 2.05) is 0 Å². The smallest absolute Gasteiger partial charge is 0.446 e. The van der Waals surface area contributed by atoms with Crippen LogP contribution in [0.15, 0.2) is 47.4 Å². The second kappa shape index (κ2) is 8.64. The molecule has 10 heteroatoms. The minimum absolute atomic E-state index is 0.0481. The first-order chi connectivity index (χ1) is 13.7. The van der Waals surface area contributed by atoms with Crippen LogP contribution in [0.25, 0.3) is 0 Å². The number of carbonyl (C=O) groups is 2. The maximum absolute atomic E-state index is 12.3. The average molecular weight is 427 g/mol. The molecule has 0 saturated carbocycles. The molecule has 2 aromatic carbocycles. The van der Waals surface area contributed by atoms with Crippen LogP contribution in [0.2, 0.25) is 0 Å². The van der Waals surface area contributed by atoms with Gasteiger partial charge in [0.1, 0.15) is 0 Å². The molecule has 1 aliphatic heterocycles. The molecule has 0 aromatic heterocycles. The minimum atomic E-state index is -4.41. The lowest BCUT2D eigenvalue weighted by atomic mass is 10.2. The van der Waals surface area contributed by atoms with Gasteiger partial charge in [0.25, 0.3) is 5.91 Å². The lowest BCUT2D eigenvalue weighted by Crippen LogP contribution is -2.35. The molecule has 0 spiro atoms. The van der Waals surface area contributed by atoms with Gasteiger partial charge in [-0.3, -0.25) is 4.79 Å². The Bertz CT molecular complexity index is 902. The summed E-state index contributed by atoms with van der Waals surface area (Å²) in [5.74, 6) is -0.107. The Balaban J connectivity index is 1.50. The number of fused-ring (bicyclic) bond motifs is 1. The molecular weight excluding hydrogens is 411 g/mol. The average Bonchev–Trinajstić information content (AvgIpc) is 3.13. The van der Waals surface area contributed by atoms with Gasteiger partial charge >= 0.3 is 11.5 Å². The van der Waals surface area contributed by atoms with Crippen molar-refractivity contribution in [2.75, 3.05) is 6.79 Å². The highest BCUT2D eigenvalue weighted by Gasteiger charge is 2.29. The number of thioether (sulfide) groups is 1. The van der Waals surface area contributed by atoms with Gasteiger partial charge in [0.05, 0.1) is 5.56 Å². The summed E-state index contributed by atoms with van der Waals surface area (Å²) in [6.45, 7) is 1.75. The van der Waals surface area contributed by atoms with Crippen molar-refractivity contribution < 1.29 is 37.0 Å². The van der Waals surface area contributed by atoms with E-state index in [9.17, 15) is 22.8 Å². The van der Waals surface area contributed by atoms with Gasteiger partial charge < -0.3 is 19.5 Å². The third-order valence-corrected chi connectivity index (χ3v) is 4.62. The van der Waals surface area contributed by atoms with Gasteiger partial charge in [-0.25, -0.2) is 4.79 Å². The molecule has 3 rings (SSSR count). The van der Waals surface area contributed by atoms with Crippen molar-refractivity contribution in [3.8, 4) is 11.5 Å². The molecule has 0 aliphatic carbocycles. The van der Waals surface area contributed by atoms with E-state index >= 15 is 0 Å². The highest BCUT2D eigenvalue weighted by atomic mass is 32.2. The number of amides is 1. The number of ether oxygens (including phenoxy) is 3. The number of hydrogen-bond acceptors (Lipinski definition) is 6. The summed E-state index contributed by atoms with van der Waals surface area (Å²) < 4.78 is 52.6. The fraction of sp³-hybridized carbons (Fsp3) is 0.263. The molecule has 154 valence electrons. The van der Waals surface area contributed by atoms with E-state index < -0.39 is 23.5 Å². The van der Waals surface area contributed by atoms with Crippen molar-refractivity contribution in [1.29, 1.82) is 0 Å². The van der Waals surface area contributed by atoms with E-state index in [4.69, 9.17) is 14.2 Å². The Hall–Kier alpha value is -2.88. The van der Waals surface area contributed by atoms with Crippen molar-refractivity contribution in [2.24, 2.45) is 0 Å². The molecule has 29 heavy (non-hydrogen) atoms. The number of halogens is 3. The Kier molecular flexibility index (Phi) is 6.21. The number of carbonyl (C=O) groups excluding carboxylic acids is 2. The van der Waals surface area contributed by atoms with E-state index in [1.54, 1.807) is 18.2 Å². The Morgan fingerprint density at radius 2 is 1.83 bits per heavy atom. The van der Waals surface area contributed by atoms with E-state index in [0.717, 1.165) is 5.56 Å². The third kappa shape index (κ3) is 5.80. The SMILES string of the molecule is CC(OC(=O)c1ccc(SC(F)(F)F)cc1)C(=O)NCc1ccc2c(c1)OCO2. The highest BCUT2D eigenvalue weighted by molar-refractivity contribution is 8.00. The first kappa shape index (κ1) is 20.8. The number of hydrogen-bond donors (Lipinski definition) is 1. The van der Waals surface area contributed by atoms with Crippen LogP contribution in [-0.2, 0) is 16.1 Å². The lowest BCUT2D eigenvalue weighted by molar-refractivity contribution is -0.129. The molecule has 0 fully saturated rings. The van der Waals surface area contributed by atoms with Crippen LogP contribution in [0.3, 0.4) is 0 Å². The minimum Gasteiger partial charge on any atom is -0.454 e. The summed E-state index contributed by atoms with van der Waals surface area (Å²) in [5, 5.41) is 2.64. The molecule has 2 aromatic rings. The molecule has 1 aliphatic rings. The molecule has 1 heterocycles. The Labute approximate surface area is 168 Å². The van der Waals surface area contributed by atoms with Crippen molar-refractivity contribution >= 4 is 23.6 Å². The summed E-state index contributed by atoms with van der Waals surface area (Å²) in [7, 11) is 0. The van der Waals surface area contributed by atoms with Gasteiger partial charge in [0, 0.05) is 11.4 Å². The molecule has 0 saturated heterocycles. The summed E-state index contributed by atoms with van der Waals surface area (Å²) in [6, 6.07) is 10.00. The second-order valence-corrected chi connectivity index (χ2v) is 7.16. The maximum Gasteiger partial charge on any atom is 0.446 e. The van der Waals surface area contributed by atoms with E-state index in [2.05, 4.69) is 5.32 Å². The summed E-state index contributed by atoms with van der Waals surface area (Å²) in [4.78, 5) is 24.2. The van der Waals surface area contributed by atoms with Crippen LogP contribution < -0.4 is 14.8 Å². The van der Waals surface area contributed by atoms with Gasteiger partial charge in [0.15, 0.2) is 17.6 Å². The number of nitrogens with one attached hydrogen (secondary N) is 1. The summed E-state index contributed by atoms with van der Waals surface area (Å²) in [6.07, 6.45) is -1.08. The van der Waals surface area contributed by atoms with Crippen molar-refractivity contribution in [3.63, 3.8) is 0 Å². The fourth-order valence-electron chi connectivity index (χ4n) is 2.46. The molecule has 6 nitrogen and oxygen atoms in total. The zero-order valence-corrected chi connectivity index (χ0v) is 15.9. The molecule has 0 bridgehead atoms. The van der Waals surface area contributed by atoms with Crippen molar-refractivity contribution in [2.45, 2.75) is 30.0 Å². The largest absolute Gasteiger partial charge is 0.454 e. The molecule has 1 amide bonds. The number of esters is 1. The van der Waals surface area contributed by atoms with Crippen LogP contribution >= 0.6 is 11.8 Å². The first-order valence-corrected chi connectivity index (χ1v) is 9.26. The predicted molar refractivity (Wildman–Crippen MR) is 97.6 cm³/mol. The molecule has 1 atom stereocenters. The van der Waals surface area contributed by atoms with Crippen LogP contribution in [0, 0.1) is 0 Å². The van der Waals surface area contributed by atoms with Gasteiger partial charge in [-0.2, -0.15) is 13.2 Å². The van der Waals surface area contributed by atoms with Gasteiger partial charge in [0.2, 0.25) is 6.79 Å². The monoisotopic (exact) mass is 427 g/mol. The normalized spacial score (nSPS) is 13.7. The zero-order chi connectivity index (χ0) is 21.0. The summed E-state index contributed by atoms with van der Waals surface area (Å²) in [5.41, 5.74) is -3.59. The quantitative estimate of drug-likeness (QED) is 0.557. The van der Waals surface area contributed by atoms with Crippen LogP contribution in [-0.4, -0.2) is 30.3 Å². The maximum atomic E-state index is 12.3. The first-order valence-electron chi connectivity index (χ1n) is 8.44. The van der Waals surface area contributed by atoms with Crippen LogP contribution in [0.1, 0.15) is 22.8 Å². The number of benzene rings is 2. The van der Waals surface area contributed by atoms with Gasteiger partial charge in [-0.05, 0) is 60.6 Å². The van der Waals surface area contributed by atoms with Crippen molar-refractivity contribution in [1.82, 2.24) is 5.32 Å². The fourth-order valence-corrected chi connectivity index (χ4v) is 3.00.